The highest BCUT2D eigenvalue weighted by Gasteiger charge is 2.15. The minimum absolute atomic E-state index is 0.144. The molecule has 0 atom stereocenters. The maximum atomic E-state index is 11.8. The van der Waals surface area contributed by atoms with Crippen molar-refractivity contribution in [1.29, 1.82) is 0 Å². The molecule has 2 N–H and O–H groups in total. The molecule has 0 aliphatic heterocycles. The first-order valence-electron chi connectivity index (χ1n) is 6.47. The summed E-state index contributed by atoms with van der Waals surface area (Å²) in [5, 5.41) is 4.94. The van der Waals surface area contributed by atoms with E-state index < -0.39 is 11.8 Å². The molecule has 0 saturated heterocycles. The molecule has 0 radical (unpaired) electrons. The lowest BCUT2D eigenvalue weighted by Crippen LogP contribution is -2.34. The Kier molecular flexibility index (Phi) is 5.02. The van der Waals surface area contributed by atoms with Crippen molar-refractivity contribution in [3.8, 4) is 11.5 Å². The fourth-order valence-corrected chi connectivity index (χ4v) is 1.76. The van der Waals surface area contributed by atoms with E-state index in [1.807, 2.05) is 0 Å². The van der Waals surface area contributed by atoms with Crippen LogP contribution in [0.5, 0.6) is 11.5 Å². The van der Waals surface area contributed by atoms with Crippen molar-refractivity contribution in [3.05, 3.63) is 42.4 Å². The highest BCUT2D eigenvalue weighted by molar-refractivity contribution is 6.39. The number of carbonyl (C=O) groups is 2. The summed E-state index contributed by atoms with van der Waals surface area (Å²) < 4.78 is 15.3. The van der Waals surface area contributed by atoms with E-state index in [9.17, 15) is 9.59 Å². The van der Waals surface area contributed by atoms with Crippen LogP contribution >= 0.6 is 0 Å². The number of hydrogen-bond donors (Lipinski definition) is 2. The molecule has 22 heavy (non-hydrogen) atoms. The fourth-order valence-electron chi connectivity index (χ4n) is 1.76. The zero-order valence-corrected chi connectivity index (χ0v) is 12.2. The number of rotatable bonds is 5. The molecular formula is C15H16N2O5. The van der Waals surface area contributed by atoms with Crippen LogP contribution in [0.3, 0.4) is 0 Å². The quantitative estimate of drug-likeness (QED) is 0.818. The first kappa shape index (κ1) is 15.4. The van der Waals surface area contributed by atoms with Crippen LogP contribution in [0.4, 0.5) is 5.69 Å². The second kappa shape index (κ2) is 7.16. The topological polar surface area (TPSA) is 89.8 Å². The Morgan fingerprint density at radius 3 is 2.50 bits per heavy atom. The van der Waals surface area contributed by atoms with Crippen LogP contribution < -0.4 is 20.1 Å². The monoisotopic (exact) mass is 304 g/mol. The first-order valence-corrected chi connectivity index (χ1v) is 6.47. The number of methoxy groups -OCH3 is 2. The van der Waals surface area contributed by atoms with Gasteiger partial charge in [0.2, 0.25) is 0 Å². The number of anilines is 1. The van der Waals surface area contributed by atoms with Gasteiger partial charge >= 0.3 is 11.8 Å². The number of nitrogens with one attached hydrogen (secondary N) is 2. The molecule has 1 aromatic heterocycles. The predicted molar refractivity (Wildman–Crippen MR) is 78.7 cm³/mol. The normalized spacial score (nSPS) is 9.91. The van der Waals surface area contributed by atoms with Gasteiger partial charge in [0.05, 0.1) is 27.0 Å². The van der Waals surface area contributed by atoms with Gasteiger partial charge in [0, 0.05) is 11.8 Å². The number of amides is 2. The number of benzene rings is 1. The minimum Gasteiger partial charge on any atom is -0.493 e. The number of ether oxygens (including phenoxy) is 2. The van der Waals surface area contributed by atoms with Gasteiger partial charge in [-0.25, -0.2) is 0 Å². The summed E-state index contributed by atoms with van der Waals surface area (Å²) in [6.07, 6.45) is 1.49. The molecule has 0 spiro atoms. The van der Waals surface area contributed by atoms with Gasteiger partial charge in [-0.3, -0.25) is 9.59 Å². The van der Waals surface area contributed by atoms with Gasteiger partial charge in [-0.2, -0.15) is 0 Å². The maximum absolute atomic E-state index is 11.8. The number of carbonyl (C=O) groups excluding carboxylic acids is 2. The molecule has 2 rings (SSSR count). The van der Waals surface area contributed by atoms with Crippen molar-refractivity contribution in [3.63, 3.8) is 0 Å². The third kappa shape index (κ3) is 3.78. The van der Waals surface area contributed by atoms with Crippen molar-refractivity contribution < 1.29 is 23.5 Å². The molecule has 116 valence electrons. The van der Waals surface area contributed by atoms with E-state index in [-0.39, 0.29) is 6.54 Å². The van der Waals surface area contributed by atoms with Crippen LogP contribution in [0.15, 0.2) is 41.0 Å². The Labute approximate surface area is 127 Å². The summed E-state index contributed by atoms with van der Waals surface area (Å²) >= 11 is 0. The molecular weight excluding hydrogens is 288 g/mol. The molecule has 0 saturated carbocycles. The zero-order valence-electron chi connectivity index (χ0n) is 12.2. The molecule has 7 nitrogen and oxygen atoms in total. The van der Waals surface area contributed by atoms with Gasteiger partial charge in [-0.05, 0) is 24.3 Å². The van der Waals surface area contributed by atoms with E-state index in [0.717, 1.165) is 0 Å². The number of furan rings is 1. The zero-order chi connectivity index (χ0) is 15.9. The average Bonchev–Trinajstić information content (AvgIpc) is 3.05. The van der Waals surface area contributed by atoms with Crippen LogP contribution in [0.25, 0.3) is 0 Å². The lowest BCUT2D eigenvalue weighted by atomic mass is 10.2. The Hall–Kier alpha value is -2.96. The standard InChI is InChI=1S/C15H16N2O5/c1-20-12-6-5-10(8-13(12)21-2)17-15(19)14(18)16-9-11-4-3-7-22-11/h3-8H,9H2,1-2H3,(H,16,18)(H,17,19). The molecule has 7 heteroatoms. The fraction of sp³-hybridized carbons (Fsp3) is 0.200. The van der Waals surface area contributed by atoms with Gasteiger partial charge in [0.15, 0.2) is 11.5 Å². The van der Waals surface area contributed by atoms with Crippen LogP contribution in [0.2, 0.25) is 0 Å². The summed E-state index contributed by atoms with van der Waals surface area (Å²) in [4.78, 5) is 23.5. The van der Waals surface area contributed by atoms with Crippen LogP contribution in [-0.4, -0.2) is 26.0 Å². The van der Waals surface area contributed by atoms with Gasteiger partial charge in [-0.1, -0.05) is 0 Å². The lowest BCUT2D eigenvalue weighted by molar-refractivity contribution is -0.136. The molecule has 0 unspecified atom stereocenters. The Morgan fingerprint density at radius 2 is 1.86 bits per heavy atom. The van der Waals surface area contributed by atoms with Crippen molar-refractivity contribution in [2.45, 2.75) is 6.54 Å². The van der Waals surface area contributed by atoms with Crippen molar-refractivity contribution in [1.82, 2.24) is 5.32 Å². The van der Waals surface area contributed by atoms with Gasteiger partial charge in [-0.15, -0.1) is 0 Å². The number of hydrogen-bond acceptors (Lipinski definition) is 5. The molecule has 1 aromatic carbocycles. The molecule has 0 aliphatic rings. The largest absolute Gasteiger partial charge is 0.493 e. The maximum Gasteiger partial charge on any atom is 0.313 e. The van der Waals surface area contributed by atoms with E-state index >= 15 is 0 Å². The SMILES string of the molecule is COc1ccc(NC(=O)C(=O)NCc2ccco2)cc1OC. The van der Waals surface area contributed by atoms with Crippen molar-refractivity contribution >= 4 is 17.5 Å². The smallest absolute Gasteiger partial charge is 0.313 e. The third-order valence-corrected chi connectivity index (χ3v) is 2.85. The van der Waals surface area contributed by atoms with Gasteiger partial charge < -0.3 is 24.5 Å². The minimum atomic E-state index is -0.779. The predicted octanol–water partition coefficient (Wildman–Crippen LogP) is 1.55. The van der Waals surface area contributed by atoms with E-state index in [0.29, 0.717) is 22.9 Å². The first-order chi connectivity index (χ1) is 10.6. The highest BCUT2D eigenvalue weighted by Crippen LogP contribution is 2.29. The molecule has 1 heterocycles. The summed E-state index contributed by atoms with van der Waals surface area (Å²) in [5.74, 6) is 0.0105. The van der Waals surface area contributed by atoms with Gasteiger partial charge in [0.25, 0.3) is 0 Å². The van der Waals surface area contributed by atoms with Crippen molar-refractivity contribution in [2.75, 3.05) is 19.5 Å². The summed E-state index contributed by atoms with van der Waals surface area (Å²) in [6.45, 7) is 0.144. The van der Waals surface area contributed by atoms with E-state index in [4.69, 9.17) is 13.9 Å². The second-order valence-corrected chi connectivity index (χ2v) is 4.29. The Morgan fingerprint density at radius 1 is 1.09 bits per heavy atom. The second-order valence-electron chi connectivity index (χ2n) is 4.29. The molecule has 0 aliphatic carbocycles. The van der Waals surface area contributed by atoms with Crippen LogP contribution in [0.1, 0.15) is 5.76 Å². The molecule has 2 aromatic rings. The van der Waals surface area contributed by atoms with Crippen LogP contribution in [-0.2, 0) is 16.1 Å². The Bertz CT molecular complexity index is 652. The third-order valence-electron chi connectivity index (χ3n) is 2.85. The molecule has 0 bridgehead atoms. The van der Waals surface area contributed by atoms with E-state index in [1.165, 1.54) is 20.5 Å². The molecule has 0 fully saturated rings. The van der Waals surface area contributed by atoms with Crippen LogP contribution in [0, 0.1) is 0 Å². The average molecular weight is 304 g/mol. The Balaban J connectivity index is 1.94. The van der Waals surface area contributed by atoms with Gasteiger partial charge in [0.1, 0.15) is 5.76 Å². The summed E-state index contributed by atoms with van der Waals surface area (Å²) in [5.41, 5.74) is 0.427. The van der Waals surface area contributed by atoms with E-state index in [1.54, 1.807) is 30.3 Å². The van der Waals surface area contributed by atoms with E-state index in [2.05, 4.69) is 10.6 Å². The summed E-state index contributed by atoms with van der Waals surface area (Å²) in [6, 6.07) is 8.21. The summed E-state index contributed by atoms with van der Waals surface area (Å²) in [7, 11) is 3.00. The highest BCUT2D eigenvalue weighted by atomic mass is 16.5. The lowest BCUT2D eigenvalue weighted by Gasteiger charge is -2.10. The van der Waals surface area contributed by atoms with Crippen molar-refractivity contribution in [2.24, 2.45) is 0 Å². The molecule has 2 amide bonds.